The van der Waals surface area contributed by atoms with Gasteiger partial charge in [-0.3, -0.25) is 4.79 Å². The fourth-order valence-corrected chi connectivity index (χ4v) is 2.94. The third-order valence-corrected chi connectivity index (χ3v) is 4.07. The molecular weight excluding hydrogens is 228 g/mol. The molecule has 98 valence electrons. The first-order valence-corrected chi connectivity index (χ1v) is 6.48. The van der Waals surface area contributed by atoms with Crippen LogP contribution in [0, 0.1) is 11.8 Å². The van der Waals surface area contributed by atoms with E-state index in [2.05, 4.69) is 19.1 Å². The lowest BCUT2D eigenvalue weighted by atomic mass is 9.73. The maximum absolute atomic E-state index is 11.1. The molecule has 1 aliphatic rings. The SMILES string of the molecule is COc1ccc([C@H]2CC[C@H](C(=O)O)[C@@H](C)C2)cc1. The summed E-state index contributed by atoms with van der Waals surface area (Å²) >= 11 is 0. The minimum atomic E-state index is -0.643. The lowest BCUT2D eigenvalue weighted by molar-refractivity contribution is -0.144. The summed E-state index contributed by atoms with van der Waals surface area (Å²) in [5, 5.41) is 9.12. The van der Waals surface area contributed by atoms with Crippen LogP contribution in [0.3, 0.4) is 0 Å². The molecule has 0 unspecified atom stereocenters. The summed E-state index contributed by atoms with van der Waals surface area (Å²) < 4.78 is 5.15. The number of carboxylic acid groups (broad SMARTS) is 1. The van der Waals surface area contributed by atoms with Gasteiger partial charge in [0, 0.05) is 0 Å². The molecule has 1 aromatic carbocycles. The number of methoxy groups -OCH3 is 1. The van der Waals surface area contributed by atoms with E-state index in [1.807, 2.05) is 12.1 Å². The molecule has 3 nitrogen and oxygen atoms in total. The second kappa shape index (κ2) is 5.42. The minimum absolute atomic E-state index is 0.167. The van der Waals surface area contributed by atoms with Gasteiger partial charge in [0.05, 0.1) is 13.0 Å². The molecule has 0 radical (unpaired) electrons. The molecule has 1 saturated carbocycles. The summed E-state index contributed by atoms with van der Waals surface area (Å²) in [6.45, 7) is 2.05. The van der Waals surface area contributed by atoms with Gasteiger partial charge in [-0.2, -0.15) is 0 Å². The molecule has 1 aromatic rings. The number of benzene rings is 1. The van der Waals surface area contributed by atoms with Crippen molar-refractivity contribution in [1.82, 2.24) is 0 Å². The van der Waals surface area contributed by atoms with Crippen LogP contribution in [0.15, 0.2) is 24.3 Å². The van der Waals surface area contributed by atoms with Gasteiger partial charge in [-0.05, 0) is 48.8 Å². The molecule has 0 heterocycles. The number of hydrogen-bond acceptors (Lipinski definition) is 2. The van der Waals surface area contributed by atoms with Crippen LogP contribution in [0.25, 0.3) is 0 Å². The average molecular weight is 248 g/mol. The Labute approximate surface area is 108 Å². The minimum Gasteiger partial charge on any atom is -0.497 e. The summed E-state index contributed by atoms with van der Waals surface area (Å²) in [6.07, 6.45) is 2.71. The molecule has 3 atom stereocenters. The quantitative estimate of drug-likeness (QED) is 0.892. The monoisotopic (exact) mass is 248 g/mol. The number of rotatable bonds is 3. The van der Waals surface area contributed by atoms with Crippen LogP contribution in [0.2, 0.25) is 0 Å². The summed E-state index contributed by atoms with van der Waals surface area (Å²) in [5.74, 6) is 0.797. The molecule has 2 rings (SSSR count). The van der Waals surface area contributed by atoms with Gasteiger partial charge in [0.1, 0.15) is 5.75 Å². The molecular formula is C15H20O3. The van der Waals surface area contributed by atoms with Gasteiger partial charge in [-0.1, -0.05) is 19.1 Å². The number of hydrogen-bond donors (Lipinski definition) is 1. The van der Waals surface area contributed by atoms with Crippen molar-refractivity contribution in [3.05, 3.63) is 29.8 Å². The summed E-state index contributed by atoms with van der Waals surface area (Å²) in [4.78, 5) is 11.1. The first kappa shape index (κ1) is 12.9. The van der Waals surface area contributed by atoms with E-state index in [9.17, 15) is 4.79 Å². The van der Waals surface area contributed by atoms with E-state index in [-0.39, 0.29) is 11.8 Å². The summed E-state index contributed by atoms with van der Waals surface area (Å²) in [6, 6.07) is 8.14. The summed E-state index contributed by atoms with van der Waals surface area (Å²) in [5.41, 5.74) is 1.30. The van der Waals surface area contributed by atoms with Gasteiger partial charge < -0.3 is 9.84 Å². The predicted octanol–water partition coefficient (Wildman–Crippen LogP) is 3.30. The Bertz CT molecular complexity index is 410. The second-order valence-corrected chi connectivity index (χ2v) is 5.21. The second-order valence-electron chi connectivity index (χ2n) is 5.21. The molecule has 0 aliphatic heterocycles. The van der Waals surface area contributed by atoms with Crippen LogP contribution in [0.4, 0.5) is 0 Å². The first-order valence-electron chi connectivity index (χ1n) is 6.48. The van der Waals surface area contributed by atoms with Crippen molar-refractivity contribution in [3.8, 4) is 5.75 Å². The molecule has 3 heteroatoms. The lowest BCUT2D eigenvalue weighted by Crippen LogP contribution is -2.28. The van der Waals surface area contributed by atoms with Crippen LogP contribution in [-0.4, -0.2) is 18.2 Å². The zero-order valence-electron chi connectivity index (χ0n) is 10.9. The fourth-order valence-electron chi connectivity index (χ4n) is 2.94. The van der Waals surface area contributed by atoms with Crippen LogP contribution < -0.4 is 4.74 Å². The summed E-state index contributed by atoms with van der Waals surface area (Å²) in [7, 11) is 1.66. The Morgan fingerprint density at radius 3 is 2.44 bits per heavy atom. The third kappa shape index (κ3) is 2.66. The first-order chi connectivity index (χ1) is 8.61. The number of carboxylic acids is 1. The zero-order valence-corrected chi connectivity index (χ0v) is 10.9. The van der Waals surface area contributed by atoms with Crippen LogP contribution in [0.5, 0.6) is 5.75 Å². The fraction of sp³-hybridized carbons (Fsp3) is 0.533. The Balaban J connectivity index is 2.05. The third-order valence-electron chi connectivity index (χ3n) is 4.07. The predicted molar refractivity (Wildman–Crippen MR) is 69.9 cm³/mol. The van der Waals surface area contributed by atoms with E-state index in [4.69, 9.17) is 9.84 Å². The van der Waals surface area contributed by atoms with E-state index < -0.39 is 5.97 Å². The lowest BCUT2D eigenvalue weighted by Gasteiger charge is -2.32. The highest BCUT2D eigenvalue weighted by Crippen LogP contribution is 2.39. The molecule has 0 amide bonds. The van der Waals surface area contributed by atoms with Crippen molar-refractivity contribution in [1.29, 1.82) is 0 Å². The van der Waals surface area contributed by atoms with E-state index in [1.165, 1.54) is 5.56 Å². The molecule has 18 heavy (non-hydrogen) atoms. The smallest absolute Gasteiger partial charge is 0.306 e. The topological polar surface area (TPSA) is 46.5 Å². The molecule has 1 N–H and O–H groups in total. The molecule has 0 aromatic heterocycles. The number of ether oxygens (including phenoxy) is 1. The standard InChI is InChI=1S/C15H20O3/c1-10-9-12(5-8-14(10)15(16)17)11-3-6-13(18-2)7-4-11/h3-4,6-7,10,12,14H,5,8-9H2,1-2H3,(H,16,17)/t10-,12-,14-/m0/s1. The van der Waals surface area contributed by atoms with E-state index in [0.29, 0.717) is 5.92 Å². The van der Waals surface area contributed by atoms with Crippen molar-refractivity contribution >= 4 is 5.97 Å². The van der Waals surface area contributed by atoms with Crippen molar-refractivity contribution in [2.45, 2.75) is 32.1 Å². The van der Waals surface area contributed by atoms with Gasteiger partial charge in [-0.15, -0.1) is 0 Å². The van der Waals surface area contributed by atoms with Crippen molar-refractivity contribution in [2.75, 3.05) is 7.11 Å². The molecule has 0 saturated heterocycles. The van der Waals surface area contributed by atoms with E-state index in [1.54, 1.807) is 7.11 Å². The van der Waals surface area contributed by atoms with Gasteiger partial charge >= 0.3 is 5.97 Å². The van der Waals surface area contributed by atoms with Crippen molar-refractivity contribution < 1.29 is 14.6 Å². The van der Waals surface area contributed by atoms with Crippen molar-refractivity contribution in [3.63, 3.8) is 0 Å². The van der Waals surface area contributed by atoms with Gasteiger partial charge in [0.2, 0.25) is 0 Å². The van der Waals surface area contributed by atoms with Crippen LogP contribution in [0.1, 0.15) is 37.7 Å². The Kier molecular flexibility index (Phi) is 3.90. The number of carbonyl (C=O) groups is 1. The van der Waals surface area contributed by atoms with Gasteiger partial charge in [0.15, 0.2) is 0 Å². The Morgan fingerprint density at radius 1 is 1.28 bits per heavy atom. The highest BCUT2D eigenvalue weighted by atomic mass is 16.5. The Hall–Kier alpha value is -1.51. The maximum Gasteiger partial charge on any atom is 0.306 e. The molecule has 0 spiro atoms. The molecule has 0 bridgehead atoms. The average Bonchev–Trinajstić information content (AvgIpc) is 2.38. The normalized spacial score (nSPS) is 27.8. The molecule has 1 aliphatic carbocycles. The largest absolute Gasteiger partial charge is 0.497 e. The maximum atomic E-state index is 11.1. The van der Waals surface area contributed by atoms with Crippen LogP contribution in [-0.2, 0) is 4.79 Å². The zero-order chi connectivity index (χ0) is 13.1. The highest BCUT2D eigenvalue weighted by Gasteiger charge is 2.32. The number of aliphatic carboxylic acids is 1. The van der Waals surface area contributed by atoms with Crippen molar-refractivity contribution in [2.24, 2.45) is 11.8 Å². The van der Waals surface area contributed by atoms with Gasteiger partial charge in [0.25, 0.3) is 0 Å². The van der Waals surface area contributed by atoms with E-state index >= 15 is 0 Å². The molecule has 1 fully saturated rings. The van der Waals surface area contributed by atoms with E-state index in [0.717, 1.165) is 25.0 Å². The Morgan fingerprint density at radius 2 is 1.94 bits per heavy atom. The van der Waals surface area contributed by atoms with Crippen LogP contribution >= 0.6 is 0 Å². The highest BCUT2D eigenvalue weighted by molar-refractivity contribution is 5.70. The van der Waals surface area contributed by atoms with Gasteiger partial charge in [-0.25, -0.2) is 0 Å².